The fourth-order valence-electron chi connectivity index (χ4n) is 7.06. The second-order valence-corrected chi connectivity index (χ2v) is 16.3. The summed E-state index contributed by atoms with van der Waals surface area (Å²) in [5, 5.41) is 26.2. The Labute approximate surface area is 402 Å². The minimum atomic E-state index is -0.968. The van der Waals surface area contributed by atoms with E-state index in [1.807, 2.05) is 18.2 Å². The summed E-state index contributed by atoms with van der Waals surface area (Å²) < 4.78 is 15.9. The van der Waals surface area contributed by atoms with Gasteiger partial charge >= 0.3 is 11.9 Å². The van der Waals surface area contributed by atoms with Gasteiger partial charge in [0.15, 0.2) is 5.69 Å². The number of carboxylic acids is 2. The molecule has 3 aromatic carbocycles. The molecule has 0 unspecified atom stereocenters. The molecule has 0 saturated carbocycles. The van der Waals surface area contributed by atoms with E-state index in [-0.39, 0.29) is 72.4 Å². The number of hydrogen-bond donors (Lipinski definition) is 5. The van der Waals surface area contributed by atoms with E-state index in [0.717, 1.165) is 29.5 Å². The predicted octanol–water partition coefficient (Wildman–Crippen LogP) is 6.59. The number of carboxylic acid groups (broad SMARTS) is 2. The van der Waals surface area contributed by atoms with E-state index in [4.69, 9.17) is 36.0 Å². The highest BCUT2D eigenvalue weighted by atomic mass is 35.5. The van der Waals surface area contributed by atoms with Gasteiger partial charge in [0.25, 0.3) is 11.8 Å². The zero-order valence-corrected chi connectivity index (χ0v) is 39.7. The normalized spacial score (nSPS) is 11.1. The molecule has 0 atom stereocenters. The first-order chi connectivity index (χ1) is 32.8. The van der Waals surface area contributed by atoms with E-state index in [0.29, 0.717) is 76.7 Å². The lowest BCUT2D eigenvalue weighted by Gasteiger charge is -2.32. The van der Waals surface area contributed by atoms with Crippen LogP contribution in [0.5, 0.6) is 0 Å². The molecule has 366 valence electrons. The van der Waals surface area contributed by atoms with Crippen molar-refractivity contribution in [2.45, 2.75) is 71.4 Å². The van der Waals surface area contributed by atoms with Gasteiger partial charge in [-0.2, -0.15) is 0 Å². The van der Waals surface area contributed by atoms with Crippen LogP contribution in [-0.4, -0.2) is 133 Å². The van der Waals surface area contributed by atoms with Crippen molar-refractivity contribution < 1.29 is 53.2 Å². The average Bonchev–Trinajstić information content (AvgIpc) is 3.33. The van der Waals surface area contributed by atoms with E-state index in [9.17, 15) is 28.8 Å². The summed E-state index contributed by atoms with van der Waals surface area (Å²) in [6.45, 7) is 7.74. The third-order valence-corrected chi connectivity index (χ3v) is 11.2. The maximum Gasteiger partial charge on any atom is 0.335 e. The van der Waals surface area contributed by atoms with E-state index >= 15 is 0 Å². The van der Waals surface area contributed by atoms with Crippen molar-refractivity contribution >= 4 is 58.5 Å². The van der Waals surface area contributed by atoms with Gasteiger partial charge in [-0.05, 0) is 90.9 Å². The Morgan fingerprint density at radius 1 is 0.676 bits per heavy atom. The molecule has 1 aromatic heterocycles. The molecule has 0 aliphatic rings. The van der Waals surface area contributed by atoms with Crippen LogP contribution in [0.2, 0.25) is 5.15 Å². The summed E-state index contributed by atoms with van der Waals surface area (Å²) in [6, 6.07) is 24.6. The van der Waals surface area contributed by atoms with Crippen LogP contribution in [0.4, 0.5) is 11.4 Å². The molecule has 1 heterocycles. The largest absolute Gasteiger partial charge is 0.481 e. The van der Waals surface area contributed by atoms with Gasteiger partial charge in [0.1, 0.15) is 5.15 Å². The van der Waals surface area contributed by atoms with Crippen molar-refractivity contribution in [2.24, 2.45) is 0 Å². The topological polar surface area (TPSA) is 226 Å². The molecule has 18 heteroatoms. The first-order valence-corrected chi connectivity index (χ1v) is 23.1. The highest BCUT2D eigenvalue weighted by molar-refractivity contribution is 6.29. The van der Waals surface area contributed by atoms with Crippen LogP contribution in [-0.2, 0) is 48.0 Å². The van der Waals surface area contributed by atoms with Crippen molar-refractivity contribution in [3.05, 3.63) is 124 Å². The SMILES string of the molecule is CCC(CC)N(CCN(C)C(=O)CCC(=O)NCCOCCOCCOCCC(=O)O)Cc1cccc(C(=O)Nc2ccc(Cl)nc2C(=O)Nc2ccc(CCc3ccc(C(=O)O)cc3)cc2)c1. The Balaban J connectivity index is 1.23. The van der Waals surface area contributed by atoms with Gasteiger partial charge in [0.2, 0.25) is 11.8 Å². The second kappa shape index (κ2) is 29.5. The standard InChI is InChI=1S/C50H63ClN6O11/c1-4-41(5-2)57(26-25-56(3)45(59)22-21-44(58)52-24-28-67-30-32-68-31-29-66-27-23-46(60)61)34-37-7-6-8-39(33-37)48(62)54-42-19-20-43(51)55-47(42)49(63)53-40-17-13-36(14-18-40)10-9-35-11-15-38(16-12-35)50(64)65/h6-8,11-20,33,41H,4-5,9-10,21-32,34H2,1-3H3,(H,52,58)(H,53,63)(H,54,62)(H,60,61)(H,64,65). The quantitative estimate of drug-likeness (QED) is 0.0265. The van der Waals surface area contributed by atoms with Gasteiger partial charge < -0.3 is 45.3 Å². The van der Waals surface area contributed by atoms with Gasteiger partial charge in [-0.25, -0.2) is 9.78 Å². The van der Waals surface area contributed by atoms with Crippen LogP contribution in [0.3, 0.4) is 0 Å². The van der Waals surface area contributed by atoms with Crippen LogP contribution >= 0.6 is 11.6 Å². The fourth-order valence-corrected chi connectivity index (χ4v) is 7.21. The number of pyridine rings is 1. The van der Waals surface area contributed by atoms with Crippen LogP contribution in [0.25, 0.3) is 0 Å². The lowest BCUT2D eigenvalue weighted by molar-refractivity contribution is -0.138. The molecule has 5 N–H and O–H groups in total. The number of carbonyl (C=O) groups is 6. The number of aromatic nitrogens is 1. The van der Waals surface area contributed by atoms with Crippen LogP contribution in [0, 0.1) is 0 Å². The number of rotatable bonds is 31. The number of likely N-dealkylation sites (N-methyl/N-ethyl adjacent to an activating group) is 1. The Kier molecular flexibility index (Phi) is 23.6. The Morgan fingerprint density at radius 3 is 1.94 bits per heavy atom. The molecule has 17 nitrogen and oxygen atoms in total. The molecular weight excluding hydrogens is 896 g/mol. The predicted molar refractivity (Wildman–Crippen MR) is 258 cm³/mol. The van der Waals surface area contributed by atoms with Gasteiger partial charge in [-0.15, -0.1) is 0 Å². The average molecular weight is 960 g/mol. The van der Waals surface area contributed by atoms with Gasteiger partial charge in [-0.1, -0.05) is 61.8 Å². The smallest absolute Gasteiger partial charge is 0.335 e. The number of amides is 4. The maximum absolute atomic E-state index is 13.7. The number of aromatic carboxylic acids is 1. The third kappa shape index (κ3) is 19.5. The molecule has 0 bridgehead atoms. The minimum Gasteiger partial charge on any atom is -0.481 e. The molecule has 0 fully saturated rings. The number of hydrogen-bond acceptors (Lipinski definition) is 11. The van der Waals surface area contributed by atoms with E-state index in [2.05, 4.69) is 39.7 Å². The second-order valence-electron chi connectivity index (χ2n) is 15.9. The van der Waals surface area contributed by atoms with E-state index in [1.54, 1.807) is 66.5 Å². The summed E-state index contributed by atoms with van der Waals surface area (Å²) >= 11 is 6.22. The number of nitrogens with one attached hydrogen (secondary N) is 3. The number of aryl methyl sites for hydroxylation is 2. The van der Waals surface area contributed by atoms with Crippen molar-refractivity contribution in [1.82, 2.24) is 20.1 Å². The van der Waals surface area contributed by atoms with Gasteiger partial charge in [0, 0.05) is 63.4 Å². The van der Waals surface area contributed by atoms with Crippen molar-refractivity contribution in [2.75, 3.05) is 77.0 Å². The summed E-state index contributed by atoms with van der Waals surface area (Å²) in [6.07, 6.45) is 3.23. The fraction of sp³-hybridized carbons (Fsp3) is 0.420. The first-order valence-electron chi connectivity index (χ1n) is 22.7. The molecule has 4 aromatic rings. The van der Waals surface area contributed by atoms with E-state index in [1.165, 1.54) is 12.1 Å². The molecule has 0 aliphatic carbocycles. The molecule has 0 radical (unpaired) electrons. The van der Waals surface area contributed by atoms with Crippen molar-refractivity contribution in [3.8, 4) is 0 Å². The molecule has 4 amide bonds. The molecule has 0 aliphatic heterocycles. The minimum absolute atomic E-state index is 0.0451. The van der Waals surface area contributed by atoms with Crippen molar-refractivity contribution in [1.29, 1.82) is 0 Å². The first kappa shape index (κ1) is 54.4. The zero-order chi connectivity index (χ0) is 49.3. The molecular formula is C50H63ClN6O11. The Morgan fingerprint density at radius 2 is 1.31 bits per heavy atom. The lowest BCUT2D eigenvalue weighted by Crippen LogP contribution is -2.41. The highest BCUT2D eigenvalue weighted by Gasteiger charge is 2.21. The maximum atomic E-state index is 13.7. The number of ether oxygens (including phenoxy) is 3. The number of anilines is 2. The third-order valence-electron chi connectivity index (χ3n) is 11.0. The number of benzene rings is 3. The molecule has 0 spiro atoms. The highest BCUT2D eigenvalue weighted by Crippen LogP contribution is 2.22. The summed E-state index contributed by atoms with van der Waals surface area (Å²) in [7, 11) is 1.72. The lowest BCUT2D eigenvalue weighted by atomic mass is 10.0. The van der Waals surface area contributed by atoms with Crippen molar-refractivity contribution in [3.63, 3.8) is 0 Å². The number of aliphatic carboxylic acids is 1. The zero-order valence-electron chi connectivity index (χ0n) is 39.0. The summed E-state index contributed by atoms with van der Waals surface area (Å²) in [5.74, 6) is -3.29. The van der Waals surface area contributed by atoms with Crippen LogP contribution in [0.1, 0.15) is 93.8 Å². The number of carbonyl (C=O) groups excluding carboxylic acids is 4. The molecule has 4 rings (SSSR count). The summed E-state index contributed by atoms with van der Waals surface area (Å²) in [4.78, 5) is 82.4. The monoisotopic (exact) mass is 958 g/mol. The molecule has 0 saturated heterocycles. The number of halogens is 1. The van der Waals surface area contributed by atoms with Crippen LogP contribution in [0.15, 0.2) is 84.9 Å². The number of nitrogens with zero attached hydrogens (tertiary/aromatic N) is 3. The van der Waals surface area contributed by atoms with Gasteiger partial charge in [-0.3, -0.25) is 28.9 Å². The Hall–Kier alpha value is -6.24. The van der Waals surface area contributed by atoms with Gasteiger partial charge in [0.05, 0.1) is 57.3 Å². The van der Waals surface area contributed by atoms with Crippen LogP contribution < -0.4 is 16.0 Å². The molecule has 68 heavy (non-hydrogen) atoms. The van der Waals surface area contributed by atoms with E-state index < -0.39 is 23.8 Å². The summed E-state index contributed by atoms with van der Waals surface area (Å²) in [5.41, 5.74) is 4.18. The Bertz CT molecular complexity index is 2260.